The largest absolute Gasteiger partial charge is 0.494 e. The predicted octanol–water partition coefficient (Wildman–Crippen LogP) is 4.20. The highest BCUT2D eigenvalue weighted by molar-refractivity contribution is 5.42. The van der Waals surface area contributed by atoms with Gasteiger partial charge < -0.3 is 20.0 Å². The maximum absolute atomic E-state index is 10.4. The van der Waals surface area contributed by atoms with E-state index in [4.69, 9.17) is 0 Å². The van der Waals surface area contributed by atoms with Crippen LogP contribution < -0.4 is 0 Å². The van der Waals surface area contributed by atoms with Crippen LogP contribution in [-0.4, -0.2) is 46.2 Å². The molecule has 2 N–H and O–H groups in total. The molecule has 0 atom stereocenters. The number of hydrogen-bond acceptors (Lipinski definition) is 4. The quantitative estimate of drug-likeness (QED) is 0.747. The molecule has 138 valence electrons. The molecule has 2 aliphatic heterocycles. The maximum atomic E-state index is 10.4. The van der Waals surface area contributed by atoms with Crippen LogP contribution in [0, 0.1) is 11.8 Å². The molecule has 0 radical (unpaired) electrons. The average molecular weight is 352 g/mol. The molecule has 2 fully saturated rings. The first-order chi connectivity index (χ1) is 12.7. The van der Waals surface area contributed by atoms with Gasteiger partial charge in [-0.15, -0.1) is 0 Å². The molecule has 0 amide bonds. The summed E-state index contributed by atoms with van der Waals surface area (Å²) in [5.41, 5.74) is 1.85. The Morgan fingerprint density at radius 3 is 1.23 bits per heavy atom. The van der Waals surface area contributed by atoms with Gasteiger partial charge in [-0.05, 0) is 61.8 Å². The van der Waals surface area contributed by atoms with E-state index in [1.807, 2.05) is 48.6 Å². The maximum Gasteiger partial charge on any atom is 0.194 e. The molecule has 0 aromatic heterocycles. The van der Waals surface area contributed by atoms with Crippen molar-refractivity contribution in [1.29, 1.82) is 0 Å². The number of aliphatic hydroxyl groups is 2. The summed E-state index contributed by atoms with van der Waals surface area (Å²) in [7, 11) is 0. The molecule has 4 rings (SSSR count). The first-order valence-corrected chi connectivity index (χ1v) is 9.78. The molecule has 0 bridgehead atoms. The zero-order chi connectivity index (χ0) is 17.9. The van der Waals surface area contributed by atoms with Crippen molar-refractivity contribution in [3.63, 3.8) is 0 Å². The summed E-state index contributed by atoms with van der Waals surface area (Å²) in [6.07, 6.45) is 20.3. The highest BCUT2D eigenvalue weighted by Crippen LogP contribution is 2.34. The van der Waals surface area contributed by atoms with Gasteiger partial charge in [-0.2, -0.15) is 0 Å². The van der Waals surface area contributed by atoms with Gasteiger partial charge in [0.2, 0.25) is 0 Å². The van der Waals surface area contributed by atoms with Crippen molar-refractivity contribution in [1.82, 2.24) is 9.80 Å². The van der Waals surface area contributed by atoms with Gasteiger partial charge >= 0.3 is 0 Å². The number of nitrogens with zero attached hydrogens (tertiary/aromatic N) is 2. The van der Waals surface area contributed by atoms with Gasteiger partial charge in [0.1, 0.15) is 0 Å². The van der Waals surface area contributed by atoms with Crippen molar-refractivity contribution < 1.29 is 10.2 Å². The molecule has 4 nitrogen and oxygen atoms in total. The lowest BCUT2D eigenvalue weighted by Gasteiger charge is -2.41. The molecule has 0 spiro atoms. The zero-order valence-corrected chi connectivity index (χ0v) is 15.2. The molecule has 4 aliphatic rings. The van der Waals surface area contributed by atoms with Crippen molar-refractivity contribution in [3.05, 3.63) is 71.5 Å². The van der Waals surface area contributed by atoms with Crippen molar-refractivity contribution in [2.45, 2.75) is 25.7 Å². The number of rotatable bonds is 3. The van der Waals surface area contributed by atoms with Crippen molar-refractivity contribution in [2.24, 2.45) is 11.8 Å². The van der Waals surface area contributed by atoms with Crippen LogP contribution in [0.15, 0.2) is 71.5 Å². The van der Waals surface area contributed by atoms with E-state index >= 15 is 0 Å². The minimum atomic E-state index is 0.428. The summed E-state index contributed by atoms with van der Waals surface area (Å²) < 4.78 is 0. The summed E-state index contributed by atoms with van der Waals surface area (Å²) in [4.78, 5) is 4.24. The van der Waals surface area contributed by atoms with Crippen molar-refractivity contribution in [3.8, 4) is 0 Å². The topological polar surface area (TPSA) is 46.9 Å². The molecule has 0 saturated carbocycles. The third kappa shape index (κ3) is 3.46. The summed E-state index contributed by atoms with van der Waals surface area (Å²) in [6, 6.07) is 0. The van der Waals surface area contributed by atoms with Gasteiger partial charge in [-0.3, -0.25) is 0 Å². The Hall–Kier alpha value is -2.36. The zero-order valence-electron chi connectivity index (χ0n) is 15.2. The number of likely N-dealkylation sites (tertiary alicyclic amines) is 2. The third-order valence-electron chi connectivity index (χ3n) is 6.19. The first kappa shape index (κ1) is 17.1. The second kappa shape index (κ2) is 7.48. The summed E-state index contributed by atoms with van der Waals surface area (Å²) in [5, 5.41) is 20.8. The van der Waals surface area contributed by atoms with E-state index in [2.05, 4.69) is 9.80 Å². The Bertz CT molecular complexity index is 620. The summed E-state index contributed by atoms with van der Waals surface area (Å²) >= 11 is 0. The van der Waals surface area contributed by atoms with E-state index in [9.17, 15) is 10.2 Å². The molecule has 2 aliphatic carbocycles. The Labute approximate surface area is 155 Å². The molecule has 4 heteroatoms. The molecular formula is C22H28N2O2. The molecule has 0 unspecified atom stereocenters. The number of allylic oxidation sites excluding steroid dienone is 10. The fourth-order valence-corrected chi connectivity index (χ4v) is 4.58. The standard InChI is InChI=1S/C22H28N2O2/c25-21(19-5-1-2-6-19)23-13-9-17(10-14-23)18-11-15-24(16-12-18)22(26)20-7-3-4-8-20/h1-8,17-18,25-26H,9-16H2. The van der Waals surface area contributed by atoms with Crippen LogP contribution >= 0.6 is 0 Å². The molecule has 0 aromatic rings. The van der Waals surface area contributed by atoms with E-state index in [-0.39, 0.29) is 0 Å². The molecule has 26 heavy (non-hydrogen) atoms. The lowest BCUT2D eigenvalue weighted by molar-refractivity contribution is 0.0806. The van der Waals surface area contributed by atoms with Crippen LogP contribution in [0.4, 0.5) is 0 Å². The van der Waals surface area contributed by atoms with Gasteiger partial charge in [-0.1, -0.05) is 24.3 Å². The Morgan fingerprint density at radius 1 is 0.615 bits per heavy atom. The van der Waals surface area contributed by atoms with Gasteiger partial charge in [0.15, 0.2) is 11.8 Å². The second-order valence-corrected chi connectivity index (χ2v) is 7.64. The fraction of sp³-hybridized carbons (Fsp3) is 0.455. The predicted molar refractivity (Wildman–Crippen MR) is 104 cm³/mol. The highest BCUT2D eigenvalue weighted by atomic mass is 16.3. The molecule has 2 heterocycles. The van der Waals surface area contributed by atoms with Gasteiger partial charge in [0.05, 0.1) is 0 Å². The van der Waals surface area contributed by atoms with E-state index in [0.717, 1.165) is 74.8 Å². The molecule has 2 saturated heterocycles. The lowest BCUT2D eigenvalue weighted by Crippen LogP contribution is -2.40. The summed E-state index contributed by atoms with van der Waals surface area (Å²) in [5.74, 6) is 2.33. The molecular weight excluding hydrogens is 324 g/mol. The molecule has 0 aromatic carbocycles. The van der Waals surface area contributed by atoms with Crippen LogP contribution in [0.25, 0.3) is 0 Å². The Balaban J connectivity index is 1.29. The fourth-order valence-electron chi connectivity index (χ4n) is 4.58. The highest BCUT2D eigenvalue weighted by Gasteiger charge is 2.31. The van der Waals surface area contributed by atoms with Crippen LogP contribution in [0.3, 0.4) is 0 Å². The first-order valence-electron chi connectivity index (χ1n) is 9.78. The van der Waals surface area contributed by atoms with Crippen LogP contribution in [-0.2, 0) is 0 Å². The van der Waals surface area contributed by atoms with Crippen LogP contribution in [0.5, 0.6) is 0 Å². The van der Waals surface area contributed by atoms with Crippen LogP contribution in [0.2, 0.25) is 0 Å². The van der Waals surface area contributed by atoms with Crippen molar-refractivity contribution >= 4 is 0 Å². The third-order valence-corrected chi connectivity index (χ3v) is 6.19. The minimum absolute atomic E-state index is 0.428. The van der Waals surface area contributed by atoms with Gasteiger partial charge in [-0.25, -0.2) is 0 Å². The van der Waals surface area contributed by atoms with Gasteiger partial charge in [0, 0.05) is 37.3 Å². The van der Waals surface area contributed by atoms with E-state index in [1.54, 1.807) is 0 Å². The average Bonchev–Trinajstić information content (AvgIpc) is 3.41. The van der Waals surface area contributed by atoms with E-state index in [1.165, 1.54) is 0 Å². The summed E-state index contributed by atoms with van der Waals surface area (Å²) in [6.45, 7) is 3.75. The Kier molecular flexibility index (Phi) is 4.91. The monoisotopic (exact) mass is 352 g/mol. The Morgan fingerprint density at radius 2 is 0.923 bits per heavy atom. The number of aliphatic hydroxyl groups excluding tert-OH is 2. The lowest BCUT2D eigenvalue weighted by atomic mass is 9.79. The van der Waals surface area contributed by atoms with Crippen molar-refractivity contribution in [2.75, 3.05) is 26.2 Å². The smallest absolute Gasteiger partial charge is 0.194 e. The SMILES string of the molecule is OC(=C1C=CC=C1)N1CCC(C2CCN(C(O)=C3C=CC=C3)CC2)CC1. The van der Waals surface area contributed by atoms with E-state index < -0.39 is 0 Å². The minimum Gasteiger partial charge on any atom is -0.494 e. The number of piperidine rings is 2. The van der Waals surface area contributed by atoms with Gasteiger partial charge in [0.25, 0.3) is 0 Å². The normalized spacial score (nSPS) is 23.5. The van der Waals surface area contributed by atoms with E-state index in [0.29, 0.717) is 11.8 Å². The van der Waals surface area contributed by atoms with Crippen LogP contribution in [0.1, 0.15) is 25.7 Å². The number of hydrogen-bond donors (Lipinski definition) is 2. The second-order valence-electron chi connectivity index (χ2n) is 7.64.